The van der Waals surface area contributed by atoms with Crippen molar-refractivity contribution in [3.8, 4) is 10.4 Å². The van der Waals surface area contributed by atoms with Crippen LogP contribution in [0.3, 0.4) is 0 Å². The van der Waals surface area contributed by atoms with E-state index in [9.17, 15) is 22.4 Å². The quantitative estimate of drug-likeness (QED) is 0.372. The van der Waals surface area contributed by atoms with Gasteiger partial charge in [0, 0.05) is 23.5 Å². The number of halogens is 1. The molecule has 3 aromatic rings. The molecule has 0 atom stereocenters. The summed E-state index contributed by atoms with van der Waals surface area (Å²) in [4.78, 5) is 25.9. The fourth-order valence-electron chi connectivity index (χ4n) is 3.25. The van der Waals surface area contributed by atoms with Crippen LogP contribution in [0.2, 0.25) is 0 Å². The Kier molecular flexibility index (Phi) is 6.99. The van der Waals surface area contributed by atoms with Gasteiger partial charge >= 0.3 is 5.97 Å². The second kappa shape index (κ2) is 9.92. The lowest BCUT2D eigenvalue weighted by Crippen LogP contribution is -2.40. The van der Waals surface area contributed by atoms with E-state index in [0.717, 1.165) is 10.4 Å². The fourth-order valence-corrected chi connectivity index (χ4v) is 5.56. The third-order valence-corrected chi connectivity index (χ3v) is 8.08. The van der Waals surface area contributed by atoms with Crippen LogP contribution in [0, 0.1) is 5.82 Å². The van der Waals surface area contributed by atoms with Crippen molar-refractivity contribution in [2.75, 3.05) is 32.9 Å². The normalized spacial score (nSPS) is 14.7. The van der Waals surface area contributed by atoms with Gasteiger partial charge in [0.05, 0.1) is 18.1 Å². The highest BCUT2D eigenvalue weighted by molar-refractivity contribution is 7.89. The molecule has 0 N–H and O–H groups in total. The van der Waals surface area contributed by atoms with Crippen molar-refractivity contribution < 1.29 is 31.9 Å². The minimum atomic E-state index is -3.65. The van der Waals surface area contributed by atoms with Gasteiger partial charge in [-0.25, -0.2) is 17.6 Å². The molecule has 0 bridgehead atoms. The molecule has 33 heavy (non-hydrogen) atoms. The number of Topliss-reactive ketones (excluding diaryl/α,β-unsaturated/α-hetero) is 1. The van der Waals surface area contributed by atoms with Crippen molar-refractivity contribution in [3.63, 3.8) is 0 Å². The molecule has 7 nitrogen and oxygen atoms in total. The van der Waals surface area contributed by atoms with Crippen LogP contribution < -0.4 is 0 Å². The number of thiophene rings is 1. The summed E-state index contributed by atoms with van der Waals surface area (Å²) in [6.07, 6.45) is 0. The number of rotatable bonds is 7. The summed E-state index contributed by atoms with van der Waals surface area (Å²) in [5.41, 5.74) is 1.01. The average molecular weight is 490 g/mol. The maximum Gasteiger partial charge on any atom is 0.348 e. The molecule has 0 saturated carbocycles. The molecule has 1 aliphatic rings. The number of hydrogen-bond acceptors (Lipinski definition) is 7. The van der Waals surface area contributed by atoms with Crippen LogP contribution in [-0.2, 0) is 19.5 Å². The first-order chi connectivity index (χ1) is 15.8. The van der Waals surface area contributed by atoms with Gasteiger partial charge in [-0.05, 0) is 54.1 Å². The average Bonchev–Trinajstić information content (AvgIpc) is 3.34. The number of sulfonamides is 1. The number of carbonyl (C=O) groups is 2. The van der Waals surface area contributed by atoms with Gasteiger partial charge in [-0.1, -0.05) is 12.1 Å². The molecular formula is C23H20FNO6S2. The number of hydrogen-bond donors (Lipinski definition) is 0. The summed E-state index contributed by atoms with van der Waals surface area (Å²) in [6.45, 7) is 0.779. The fraction of sp³-hybridized carbons (Fsp3) is 0.217. The summed E-state index contributed by atoms with van der Waals surface area (Å²) in [5, 5.41) is 0. The molecule has 1 aromatic heterocycles. The zero-order chi connectivity index (χ0) is 23.4. The minimum absolute atomic E-state index is 0.0878. The van der Waals surface area contributed by atoms with Crippen molar-refractivity contribution >= 4 is 33.1 Å². The van der Waals surface area contributed by atoms with Gasteiger partial charge < -0.3 is 9.47 Å². The molecule has 1 fully saturated rings. The first-order valence-corrected chi connectivity index (χ1v) is 12.3. The van der Waals surface area contributed by atoms with E-state index in [4.69, 9.17) is 9.47 Å². The highest BCUT2D eigenvalue weighted by atomic mass is 32.2. The topological polar surface area (TPSA) is 90.0 Å². The molecular weight excluding hydrogens is 469 g/mol. The van der Waals surface area contributed by atoms with Crippen LogP contribution in [-0.4, -0.2) is 57.4 Å². The molecule has 172 valence electrons. The second-order valence-corrected chi connectivity index (χ2v) is 10.2. The maximum absolute atomic E-state index is 13.1. The molecule has 4 rings (SSSR count). The van der Waals surface area contributed by atoms with Gasteiger partial charge in [0.15, 0.2) is 12.4 Å². The molecule has 0 aliphatic carbocycles. The van der Waals surface area contributed by atoms with E-state index in [1.165, 1.54) is 52.0 Å². The van der Waals surface area contributed by atoms with Crippen LogP contribution in [0.1, 0.15) is 20.0 Å². The zero-order valence-corrected chi connectivity index (χ0v) is 19.0. The van der Waals surface area contributed by atoms with Crippen molar-refractivity contribution in [3.05, 3.63) is 76.9 Å². The molecule has 1 saturated heterocycles. The Hall–Kier alpha value is -2.92. The van der Waals surface area contributed by atoms with Gasteiger partial charge in [-0.2, -0.15) is 4.31 Å². The van der Waals surface area contributed by atoms with E-state index < -0.39 is 28.4 Å². The predicted molar refractivity (Wildman–Crippen MR) is 120 cm³/mol. The molecule has 0 spiro atoms. The largest absolute Gasteiger partial charge is 0.453 e. The van der Waals surface area contributed by atoms with E-state index in [-0.39, 0.29) is 29.4 Å². The third-order valence-electron chi connectivity index (χ3n) is 5.05. The molecule has 2 aromatic carbocycles. The first-order valence-electron chi connectivity index (χ1n) is 10.1. The monoisotopic (exact) mass is 489 g/mol. The summed E-state index contributed by atoms with van der Waals surface area (Å²) < 4.78 is 50.1. The zero-order valence-electron chi connectivity index (χ0n) is 17.4. The van der Waals surface area contributed by atoms with E-state index in [0.29, 0.717) is 18.1 Å². The Morgan fingerprint density at radius 1 is 0.970 bits per heavy atom. The first kappa shape index (κ1) is 23.2. The highest BCUT2D eigenvalue weighted by Gasteiger charge is 2.26. The van der Waals surface area contributed by atoms with Crippen molar-refractivity contribution in [1.29, 1.82) is 0 Å². The Morgan fingerprint density at radius 2 is 1.64 bits per heavy atom. The number of benzene rings is 2. The minimum Gasteiger partial charge on any atom is -0.453 e. The number of morpholine rings is 1. The van der Waals surface area contributed by atoms with Gasteiger partial charge in [0.2, 0.25) is 10.0 Å². The van der Waals surface area contributed by atoms with Gasteiger partial charge in [0.1, 0.15) is 10.7 Å². The lowest BCUT2D eigenvalue weighted by molar-refractivity contribution is 0.0479. The lowest BCUT2D eigenvalue weighted by Gasteiger charge is -2.26. The Balaban J connectivity index is 1.36. The molecule has 2 heterocycles. The summed E-state index contributed by atoms with van der Waals surface area (Å²) >= 11 is 1.18. The number of ether oxygens (including phenoxy) is 2. The van der Waals surface area contributed by atoms with E-state index in [2.05, 4.69) is 0 Å². The Bertz CT molecular complexity index is 1250. The van der Waals surface area contributed by atoms with Gasteiger partial charge in [-0.3, -0.25) is 4.79 Å². The van der Waals surface area contributed by atoms with E-state index in [1.54, 1.807) is 24.3 Å². The molecule has 10 heteroatoms. The van der Waals surface area contributed by atoms with Crippen LogP contribution >= 0.6 is 11.3 Å². The number of carbonyl (C=O) groups excluding carboxylic acids is 2. The number of esters is 1. The Morgan fingerprint density at radius 3 is 2.30 bits per heavy atom. The molecule has 1 aliphatic heterocycles. The summed E-state index contributed by atoms with van der Waals surface area (Å²) in [5.74, 6) is -1.44. The smallest absolute Gasteiger partial charge is 0.348 e. The van der Waals surface area contributed by atoms with Crippen LogP contribution in [0.5, 0.6) is 0 Å². The van der Waals surface area contributed by atoms with Gasteiger partial charge in [-0.15, -0.1) is 11.3 Å². The predicted octanol–water partition coefficient (Wildman–Crippen LogP) is 3.61. The highest BCUT2D eigenvalue weighted by Crippen LogP contribution is 2.28. The van der Waals surface area contributed by atoms with E-state index in [1.807, 2.05) is 0 Å². The third kappa shape index (κ3) is 5.36. The molecule has 0 amide bonds. The summed E-state index contributed by atoms with van der Waals surface area (Å²) in [6, 6.07) is 14.8. The standard InChI is InChI=1S/C23H20FNO6S2/c24-18-5-1-17(2-6-18)21-9-10-22(32-21)23(27)31-15-20(26)16-3-7-19(8-4-16)33(28,29)25-11-13-30-14-12-25/h1-10H,11-15H2. The van der Waals surface area contributed by atoms with Crippen LogP contribution in [0.4, 0.5) is 4.39 Å². The molecule has 0 unspecified atom stereocenters. The van der Waals surface area contributed by atoms with Crippen molar-refractivity contribution in [1.82, 2.24) is 4.31 Å². The van der Waals surface area contributed by atoms with Crippen molar-refractivity contribution in [2.45, 2.75) is 4.90 Å². The lowest BCUT2D eigenvalue weighted by atomic mass is 10.1. The number of nitrogens with zero attached hydrogens (tertiary/aromatic N) is 1. The molecule has 0 radical (unpaired) electrons. The second-order valence-electron chi connectivity index (χ2n) is 7.21. The SMILES string of the molecule is O=C(COC(=O)c1ccc(-c2ccc(F)cc2)s1)c1ccc(S(=O)(=O)N2CCOCC2)cc1. The van der Waals surface area contributed by atoms with E-state index >= 15 is 0 Å². The van der Waals surface area contributed by atoms with Crippen LogP contribution in [0.15, 0.2) is 65.6 Å². The maximum atomic E-state index is 13.1. The number of ketones is 1. The van der Waals surface area contributed by atoms with Gasteiger partial charge in [0.25, 0.3) is 0 Å². The summed E-state index contributed by atoms with van der Waals surface area (Å²) in [7, 11) is -3.65. The van der Waals surface area contributed by atoms with Crippen molar-refractivity contribution in [2.24, 2.45) is 0 Å². The Labute approximate surface area is 194 Å². The van der Waals surface area contributed by atoms with Crippen LogP contribution in [0.25, 0.3) is 10.4 Å².